The number of anilines is 2. The molecule has 3 N–H and O–H groups in total. The number of rotatable bonds is 2. The van der Waals surface area contributed by atoms with Crippen molar-refractivity contribution in [1.82, 2.24) is 4.98 Å². The molecule has 1 aliphatic rings. The molecule has 2 unspecified atom stereocenters. The van der Waals surface area contributed by atoms with Gasteiger partial charge in [-0.15, -0.1) is 0 Å². The highest BCUT2D eigenvalue weighted by molar-refractivity contribution is 5.54. The van der Waals surface area contributed by atoms with Crippen LogP contribution in [0.15, 0.2) is 18.3 Å². The van der Waals surface area contributed by atoms with Crippen LogP contribution >= 0.6 is 0 Å². The van der Waals surface area contributed by atoms with Crippen LogP contribution in [0.1, 0.15) is 26.7 Å². The summed E-state index contributed by atoms with van der Waals surface area (Å²) in [6.45, 7) is 5.71. The van der Waals surface area contributed by atoms with Gasteiger partial charge in [-0.25, -0.2) is 10.8 Å². The molecule has 88 valence electrons. The Morgan fingerprint density at radius 1 is 1.44 bits per heavy atom. The molecule has 16 heavy (non-hydrogen) atoms. The van der Waals surface area contributed by atoms with Crippen LogP contribution in [0.5, 0.6) is 0 Å². The number of hydrogen-bond acceptors (Lipinski definition) is 4. The van der Waals surface area contributed by atoms with E-state index in [0.29, 0.717) is 6.04 Å². The van der Waals surface area contributed by atoms with Crippen LogP contribution < -0.4 is 16.2 Å². The van der Waals surface area contributed by atoms with E-state index in [2.05, 4.69) is 35.2 Å². The van der Waals surface area contributed by atoms with Gasteiger partial charge in [0, 0.05) is 30.5 Å². The number of nitrogens with zero attached hydrogens (tertiary/aromatic N) is 2. The van der Waals surface area contributed by atoms with Crippen LogP contribution in [0, 0.1) is 5.92 Å². The number of nitrogen functional groups attached to an aromatic ring is 1. The number of nitrogens with two attached hydrogens (primary N) is 1. The molecular weight excluding hydrogens is 200 g/mol. The van der Waals surface area contributed by atoms with E-state index in [1.165, 1.54) is 18.5 Å². The molecule has 0 aromatic carbocycles. The minimum atomic E-state index is 0.601. The van der Waals surface area contributed by atoms with Crippen molar-refractivity contribution >= 4 is 11.5 Å². The Kier molecular flexibility index (Phi) is 3.29. The molecule has 1 fully saturated rings. The van der Waals surface area contributed by atoms with Crippen molar-refractivity contribution in [2.75, 3.05) is 16.9 Å². The normalized spacial score (nSPS) is 25.6. The van der Waals surface area contributed by atoms with Crippen LogP contribution in [0.3, 0.4) is 0 Å². The zero-order valence-corrected chi connectivity index (χ0v) is 9.98. The summed E-state index contributed by atoms with van der Waals surface area (Å²) in [5, 5.41) is 0. The first kappa shape index (κ1) is 11.2. The van der Waals surface area contributed by atoms with E-state index in [0.717, 1.165) is 18.3 Å². The van der Waals surface area contributed by atoms with E-state index in [4.69, 9.17) is 5.84 Å². The van der Waals surface area contributed by atoms with Crippen LogP contribution in [0.4, 0.5) is 11.5 Å². The van der Waals surface area contributed by atoms with Gasteiger partial charge in [-0.3, -0.25) is 0 Å². The molecule has 4 nitrogen and oxygen atoms in total. The van der Waals surface area contributed by atoms with Gasteiger partial charge in [0.1, 0.15) is 5.82 Å². The first-order valence-corrected chi connectivity index (χ1v) is 5.90. The predicted molar refractivity (Wildman–Crippen MR) is 67.3 cm³/mol. The van der Waals surface area contributed by atoms with Gasteiger partial charge in [-0.05, 0) is 31.7 Å². The highest BCUT2D eigenvalue weighted by Crippen LogP contribution is 2.27. The first-order valence-electron chi connectivity index (χ1n) is 5.90. The van der Waals surface area contributed by atoms with Crippen molar-refractivity contribution < 1.29 is 0 Å². The lowest BCUT2D eigenvalue weighted by Gasteiger charge is -2.38. The van der Waals surface area contributed by atoms with Gasteiger partial charge in [-0.1, -0.05) is 6.92 Å². The van der Waals surface area contributed by atoms with Crippen molar-refractivity contribution in [3.05, 3.63) is 18.3 Å². The Hall–Kier alpha value is -1.29. The molecule has 1 aromatic rings. The molecule has 0 spiro atoms. The summed E-state index contributed by atoms with van der Waals surface area (Å²) in [7, 11) is 0. The Morgan fingerprint density at radius 2 is 2.25 bits per heavy atom. The third kappa shape index (κ3) is 2.27. The minimum Gasteiger partial charge on any atom is -0.368 e. The predicted octanol–water partition coefficient (Wildman–Crippen LogP) is 1.99. The molecule has 1 saturated heterocycles. The molecule has 0 saturated carbocycles. The summed E-state index contributed by atoms with van der Waals surface area (Å²) in [5.74, 6) is 6.87. The number of nitrogens with one attached hydrogen (secondary N) is 1. The van der Waals surface area contributed by atoms with Gasteiger partial charge in [0.25, 0.3) is 0 Å². The molecule has 2 heterocycles. The molecule has 4 heteroatoms. The number of hydrogen-bond donors (Lipinski definition) is 2. The van der Waals surface area contributed by atoms with Crippen molar-refractivity contribution in [1.29, 1.82) is 0 Å². The number of piperidine rings is 1. The lowest BCUT2D eigenvalue weighted by Crippen LogP contribution is -2.41. The van der Waals surface area contributed by atoms with E-state index in [1.54, 1.807) is 6.20 Å². The van der Waals surface area contributed by atoms with Crippen LogP contribution in [0.25, 0.3) is 0 Å². The van der Waals surface area contributed by atoms with E-state index in [-0.39, 0.29) is 0 Å². The molecule has 0 radical (unpaired) electrons. The summed E-state index contributed by atoms with van der Waals surface area (Å²) in [4.78, 5) is 6.58. The number of aromatic nitrogens is 1. The van der Waals surface area contributed by atoms with Gasteiger partial charge in [0.05, 0.1) is 0 Å². The third-order valence-corrected chi connectivity index (χ3v) is 3.34. The maximum Gasteiger partial charge on any atom is 0.141 e. The fourth-order valence-corrected chi connectivity index (χ4v) is 2.33. The monoisotopic (exact) mass is 220 g/mol. The highest BCUT2D eigenvalue weighted by Gasteiger charge is 2.23. The molecule has 2 rings (SSSR count). The smallest absolute Gasteiger partial charge is 0.141 e. The van der Waals surface area contributed by atoms with Gasteiger partial charge < -0.3 is 10.3 Å². The molecule has 1 aliphatic heterocycles. The standard InChI is InChI=1S/C12H20N4/c1-9-3-4-10(2)16(8-9)11-5-6-14-12(7-11)15-13/h5-7,9-10H,3-4,8,13H2,1-2H3,(H,14,15). The quantitative estimate of drug-likeness (QED) is 0.591. The van der Waals surface area contributed by atoms with Gasteiger partial charge >= 0.3 is 0 Å². The van der Waals surface area contributed by atoms with Gasteiger partial charge in [0.2, 0.25) is 0 Å². The summed E-state index contributed by atoms with van der Waals surface area (Å²) in [5.41, 5.74) is 3.80. The second-order valence-electron chi connectivity index (χ2n) is 4.73. The van der Waals surface area contributed by atoms with E-state index in [9.17, 15) is 0 Å². The zero-order chi connectivity index (χ0) is 11.5. The lowest BCUT2D eigenvalue weighted by molar-refractivity contribution is 0.390. The summed E-state index contributed by atoms with van der Waals surface area (Å²) in [6.07, 6.45) is 4.39. The zero-order valence-electron chi connectivity index (χ0n) is 9.98. The number of pyridine rings is 1. The van der Waals surface area contributed by atoms with E-state index in [1.807, 2.05) is 6.07 Å². The second-order valence-corrected chi connectivity index (χ2v) is 4.73. The van der Waals surface area contributed by atoms with E-state index < -0.39 is 0 Å². The Bertz CT molecular complexity index is 353. The maximum absolute atomic E-state index is 5.38. The largest absolute Gasteiger partial charge is 0.368 e. The Morgan fingerprint density at radius 3 is 3.00 bits per heavy atom. The SMILES string of the molecule is CC1CCC(C)N(c2ccnc(NN)c2)C1. The van der Waals surface area contributed by atoms with E-state index >= 15 is 0 Å². The van der Waals surface area contributed by atoms with Crippen molar-refractivity contribution in [2.45, 2.75) is 32.7 Å². The van der Waals surface area contributed by atoms with Crippen molar-refractivity contribution in [2.24, 2.45) is 11.8 Å². The second kappa shape index (κ2) is 4.70. The van der Waals surface area contributed by atoms with Crippen LogP contribution in [-0.4, -0.2) is 17.6 Å². The summed E-state index contributed by atoms with van der Waals surface area (Å²) < 4.78 is 0. The van der Waals surface area contributed by atoms with Crippen molar-refractivity contribution in [3.63, 3.8) is 0 Å². The van der Waals surface area contributed by atoms with Gasteiger partial charge in [-0.2, -0.15) is 0 Å². The van der Waals surface area contributed by atoms with Crippen LogP contribution in [-0.2, 0) is 0 Å². The highest BCUT2D eigenvalue weighted by atomic mass is 15.3. The Balaban J connectivity index is 2.20. The Labute approximate surface area is 96.8 Å². The molecule has 0 aliphatic carbocycles. The summed E-state index contributed by atoms with van der Waals surface area (Å²) >= 11 is 0. The molecule has 1 aromatic heterocycles. The maximum atomic E-state index is 5.38. The average Bonchev–Trinajstić information content (AvgIpc) is 2.32. The molecule has 2 atom stereocenters. The lowest BCUT2D eigenvalue weighted by atomic mass is 9.94. The fraction of sp³-hybridized carbons (Fsp3) is 0.583. The van der Waals surface area contributed by atoms with Crippen LogP contribution in [0.2, 0.25) is 0 Å². The number of hydrazine groups is 1. The van der Waals surface area contributed by atoms with Crippen molar-refractivity contribution in [3.8, 4) is 0 Å². The first-order chi connectivity index (χ1) is 7.70. The third-order valence-electron chi connectivity index (χ3n) is 3.34. The fourth-order valence-electron chi connectivity index (χ4n) is 2.33. The van der Waals surface area contributed by atoms with Gasteiger partial charge in [0.15, 0.2) is 0 Å². The molecule has 0 amide bonds. The average molecular weight is 220 g/mol. The molecule has 0 bridgehead atoms. The summed E-state index contributed by atoms with van der Waals surface area (Å²) in [6, 6.07) is 4.66. The molecular formula is C12H20N4. The minimum absolute atomic E-state index is 0.601. The topological polar surface area (TPSA) is 54.2 Å².